The molecule has 0 aliphatic heterocycles. The van der Waals surface area contributed by atoms with Crippen molar-refractivity contribution >= 4 is 0 Å². The van der Waals surface area contributed by atoms with Crippen LogP contribution in [-0.2, 0) is 6.42 Å². The summed E-state index contributed by atoms with van der Waals surface area (Å²) in [5, 5.41) is 4.34. The summed E-state index contributed by atoms with van der Waals surface area (Å²) < 4.78 is 2.06. The van der Waals surface area contributed by atoms with Gasteiger partial charge in [-0.05, 0) is 31.4 Å². The van der Waals surface area contributed by atoms with E-state index in [4.69, 9.17) is 5.73 Å². The zero-order valence-electron chi connectivity index (χ0n) is 8.53. The van der Waals surface area contributed by atoms with Crippen LogP contribution in [0.5, 0.6) is 0 Å². The average molecular weight is 181 g/mol. The SMILES string of the molecule is CCC(CC)n1cc(CCN)cn1. The summed E-state index contributed by atoms with van der Waals surface area (Å²) in [5.41, 5.74) is 6.72. The predicted molar refractivity (Wildman–Crippen MR) is 54.6 cm³/mol. The van der Waals surface area contributed by atoms with Gasteiger partial charge in [-0.1, -0.05) is 13.8 Å². The fourth-order valence-electron chi connectivity index (χ4n) is 1.54. The van der Waals surface area contributed by atoms with Gasteiger partial charge in [-0.15, -0.1) is 0 Å². The van der Waals surface area contributed by atoms with Crippen LogP contribution in [0.4, 0.5) is 0 Å². The molecular formula is C10H19N3. The summed E-state index contributed by atoms with van der Waals surface area (Å²) in [6.45, 7) is 5.09. The van der Waals surface area contributed by atoms with E-state index in [0.29, 0.717) is 12.6 Å². The third kappa shape index (κ3) is 2.56. The summed E-state index contributed by atoms with van der Waals surface area (Å²) in [5.74, 6) is 0. The maximum atomic E-state index is 5.47. The van der Waals surface area contributed by atoms with Crippen LogP contribution in [0.1, 0.15) is 38.3 Å². The van der Waals surface area contributed by atoms with Crippen LogP contribution in [0.15, 0.2) is 12.4 Å². The van der Waals surface area contributed by atoms with Crippen molar-refractivity contribution < 1.29 is 0 Å². The Morgan fingerprint density at radius 1 is 1.46 bits per heavy atom. The Morgan fingerprint density at radius 3 is 2.69 bits per heavy atom. The zero-order valence-corrected chi connectivity index (χ0v) is 8.53. The van der Waals surface area contributed by atoms with Gasteiger partial charge < -0.3 is 5.73 Å². The largest absolute Gasteiger partial charge is 0.330 e. The van der Waals surface area contributed by atoms with E-state index in [0.717, 1.165) is 19.3 Å². The molecule has 0 aromatic carbocycles. The van der Waals surface area contributed by atoms with E-state index in [1.54, 1.807) is 0 Å². The molecule has 0 aliphatic carbocycles. The lowest BCUT2D eigenvalue weighted by atomic mass is 10.2. The first-order chi connectivity index (χ1) is 6.31. The summed E-state index contributed by atoms with van der Waals surface area (Å²) in [4.78, 5) is 0. The molecule has 1 rings (SSSR count). The van der Waals surface area contributed by atoms with Crippen molar-refractivity contribution in [3.05, 3.63) is 18.0 Å². The van der Waals surface area contributed by atoms with E-state index in [1.807, 2.05) is 6.20 Å². The van der Waals surface area contributed by atoms with Gasteiger partial charge in [0.15, 0.2) is 0 Å². The number of rotatable bonds is 5. The molecule has 3 heteroatoms. The van der Waals surface area contributed by atoms with Gasteiger partial charge in [-0.2, -0.15) is 5.10 Å². The second-order valence-corrected chi connectivity index (χ2v) is 3.34. The smallest absolute Gasteiger partial charge is 0.0522 e. The number of hydrogen-bond acceptors (Lipinski definition) is 2. The first kappa shape index (κ1) is 10.3. The quantitative estimate of drug-likeness (QED) is 0.752. The summed E-state index contributed by atoms with van der Waals surface area (Å²) in [7, 11) is 0. The Labute approximate surface area is 79.9 Å². The number of nitrogens with two attached hydrogens (primary N) is 1. The molecular weight excluding hydrogens is 162 g/mol. The molecule has 0 bridgehead atoms. The molecule has 3 nitrogen and oxygen atoms in total. The molecule has 0 saturated carbocycles. The molecule has 0 spiro atoms. The maximum Gasteiger partial charge on any atom is 0.0522 e. The van der Waals surface area contributed by atoms with Crippen molar-refractivity contribution in [1.29, 1.82) is 0 Å². The van der Waals surface area contributed by atoms with Crippen molar-refractivity contribution in [2.45, 2.75) is 39.2 Å². The van der Waals surface area contributed by atoms with Crippen LogP contribution >= 0.6 is 0 Å². The van der Waals surface area contributed by atoms with Crippen LogP contribution in [0.3, 0.4) is 0 Å². The Morgan fingerprint density at radius 2 is 2.15 bits per heavy atom. The summed E-state index contributed by atoms with van der Waals surface area (Å²) >= 11 is 0. The van der Waals surface area contributed by atoms with E-state index in [9.17, 15) is 0 Å². The summed E-state index contributed by atoms with van der Waals surface area (Å²) in [6, 6.07) is 0.548. The van der Waals surface area contributed by atoms with Crippen molar-refractivity contribution in [3.8, 4) is 0 Å². The maximum absolute atomic E-state index is 5.47. The first-order valence-electron chi connectivity index (χ1n) is 5.04. The molecule has 0 radical (unpaired) electrons. The molecule has 1 heterocycles. The van der Waals surface area contributed by atoms with Crippen LogP contribution < -0.4 is 5.73 Å². The normalized spacial score (nSPS) is 11.1. The lowest BCUT2D eigenvalue weighted by molar-refractivity contribution is 0.428. The molecule has 0 saturated heterocycles. The molecule has 13 heavy (non-hydrogen) atoms. The topological polar surface area (TPSA) is 43.8 Å². The Bertz CT molecular complexity index is 238. The van der Waals surface area contributed by atoms with E-state index in [1.165, 1.54) is 5.56 Å². The monoisotopic (exact) mass is 181 g/mol. The molecule has 0 atom stereocenters. The lowest BCUT2D eigenvalue weighted by Crippen LogP contribution is -2.07. The number of nitrogens with zero attached hydrogens (tertiary/aromatic N) is 2. The molecule has 0 aliphatic rings. The van der Waals surface area contributed by atoms with Gasteiger partial charge in [0.05, 0.1) is 12.2 Å². The van der Waals surface area contributed by atoms with Gasteiger partial charge >= 0.3 is 0 Å². The molecule has 74 valence electrons. The third-order valence-corrected chi connectivity index (χ3v) is 2.40. The molecule has 1 aromatic rings. The molecule has 1 aromatic heterocycles. The first-order valence-corrected chi connectivity index (χ1v) is 5.04. The highest BCUT2D eigenvalue weighted by Crippen LogP contribution is 2.14. The van der Waals surface area contributed by atoms with Crippen LogP contribution in [0, 0.1) is 0 Å². The second kappa shape index (κ2) is 5.02. The molecule has 0 fully saturated rings. The van der Waals surface area contributed by atoms with Gasteiger partial charge in [0, 0.05) is 6.20 Å². The van der Waals surface area contributed by atoms with Gasteiger partial charge in [-0.25, -0.2) is 0 Å². The van der Waals surface area contributed by atoms with Crippen molar-refractivity contribution in [2.24, 2.45) is 5.73 Å². The lowest BCUT2D eigenvalue weighted by Gasteiger charge is -2.12. The van der Waals surface area contributed by atoms with Crippen molar-refractivity contribution in [2.75, 3.05) is 6.54 Å². The fourth-order valence-corrected chi connectivity index (χ4v) is 1.54. The van der Waals surface area contributed by atoms with Crippen molar-refractivity contribution in [1.82, 2.24) is 9.78 Å². The standard InChI is InChI=1S/C10H19N3/c1-3-10(4-2)13-8-9(5-6-11)7-12-13/h7-8,10H,3-6,11H2,1-2H3. The van der Waals surface area contributed by atoms with Gasteiger partial charge in [0.1, 0.15) is 0 Å². The van der Waals surface area contributed by atoms with Gasteiger partial charge in [0.2, 0.25) is 0 Å². The zero-order chi connectivity index (χ0) is 9.68. The van der Waals surface area contributed by atoms with Gasteiger partial charge in [-0.3, -0.25) is 4.68 Å². The average Bonchev–Trinajstić information content (AvgIpc) is 2.56. The van der Waals surface area contributed by atoms with E-state index in [-0.39, 0.29) is 0 Å². The van der Waals surface area contributed by atoms with E-state index >= 15 is 0 Å². The Balaban J connectivity index is 2.66. The van der Waals surface area contributed by atoms with Crippen LogP contribution in [-0.4, -0.2) is 16.3 Å². The third-order valence-electron chi connectivity index (χ3n) is 2.40. The minimum atomic E-state index is 0.548. The molecule has 0 amide bonds. The van der Waals surface area contributed by atoms with Crippen molar-refractivity contribution in [3.63, 3.8) is 0 Å². The van der Waals surface area contributed by atoms with Crippen LogP contribution in [0.25, 0.3) is 0 Å². The number of hydrogen-bond donors (Lipinski definition) is 1. The highest BCUT2D eigenvalue weighted by molar-refractivity contribution is 5.04. The van der Waals surface area contributed by atoms with Gasteiger partial charge in [0.25, 0.3) is 0 Å². The second-order valence-electron chi connectivity index (χ2n) is 3.34. The minimum absolute atomic E-state index is 0.548. The van der Waals surface area contributed by atoms with E-state index in [2.05, 4.69) is 29.8 Å². The highest BCUT2D eigenvalue weighted by Gasteiger charge is 2.06. The minimum Gasteiger partial charge on any atom is -0.330 e. The molecule has 0 unspecified atom stereocenters. The predicted octanol–water partition coefficient (Wildman–Crippen LogP) is 1.75. The number of aromatic nitrogens is 2. The fraction of sp³-hybridized carbons (Fsp3) is 0.700. The summed E-state index contributed by atoms with van der Waals surface area (Å²) in [6.07, 6.45) is 7.25. The molecule has 2 N–H and O–H groups in total. The van der Waals surface area contributed by atoms with E-state index < -0.39 is 0 Å². The van der Waals surface area contributed by atoms with Crippen LogP contribution in [0.2, 0.25) is 0 Å². The highest BCUT2D eigenvalue weighted by atomic mass is 15.3. The Kier molecular flexibility index (Phi) is 3.96. The Hall–Kier alpha value is -0.830.